The number of nitrogens with zero attached hydrogens (tertiary/aromatic N) is 1. The van der Waals surface area contributed by atoms with Gasteiger partial charge in [-0.3, -0.25) is 9.89 Å². The number of nitrogens with one attached hydrogen (secondary N) is 2. The quantitative estimate of drug-likeness (QED) is 0.629. The first-order chi connectivity index (χ1) is 8.70. The van der Waals surface area contributed by atoms with Crippen molar-refractivity contribution in [3.8, 4) is 0 Å². The predicted octanol–water partition coefficient (Wildman–Crippen LogP) is 1.82. The van der Waals surface area contributed by atoms with Crippen LogP contribution in [-0.4, -0.2) is 34.7 Å². The van der Waals surface area contributed by atoms with E-state index in [9.17, 15) is 4.79 Å². The van der Waals surface area contributed by atoms with Gasteiger partial charge in [0.2, 0.25) is 0 Å². The number of nitrogen functional groups attached to an aromatic ring is 1. The zero-order valence-corrected chi connectivity index (χ0v) is 11.9. The number of amides is 1. The zero-order valence-electron chi connectivity index (χ0n) is 11.1. The molecule has 0 saturated carbocycles. The normalized spacial score (nSPS) is 10.6. The van der Waals surface area contributed by atoms with Crippen LogP contribution in [0.3, 0.4) is 0 Å². The highest BCUT2D eigenvalue weighted by Crippen LogP contribution is 2.13. The van der Waals surface area contributed by atoms with E-state index in [1.807, 2.05) is 18.7 Å². The van der Waals surface area contributed by atoms with Crippen molar-refractivity contribution >= 4 is 23.4 Å². The SMILES string of the molecule is CCc1[nH]nc(C(=O)NCCCCCSC)c1N. The summed E-state index contributed by atoms with van der Waals surface area (Å²) in [6.07, 6.45) is 6.18. The summed E-state index contributed by atoms with van der Waals surface area (Å²) in [6.45, 7) is 2.65. The first kappa shape index (κ1) is 14.9. The summed E-state index contributed by atoms with van der Waals surface area (Å²) >= 11 is 1.85. The van der Waals surface area contributed by atoms with Crippen LogP contribution < -0.4 is 11.1 Å². The second kappa shape index (κ2) is 8.02. The molecule has 0 atom stereocenters. The summed E-state index contributed by atoms with van der Waals surface area (Å²) in [5.41, 5.74) is 7.43. The molecule has 0 saturated heterocycles. The molecule has 0 aliphatic rings. The van der Waals surface area contributed by atoms with Gasteiger partial charge < -0.3 is 11.1 Å². The third kappa shape index (κ3) is 4.25. The fraction of sp³-hybridized carbons (Fsp3) is 0.667. The van der Waals surface area contributed by atoms with Gasteiger partial charge in [0.1, 0.15) is 0 Å². The van der Waals surface area contributed by atoms with Crippen LogP contribution in [0.1, 0.15) is 42.4 Å². The van der Waals surface area contributed by atoms with Crippen LogP contribution in [0, 0.1) is 0 Å². The Morgan fingerprint density at radius 2 is 2.22 bits per heavy atom. The molecular formula is C12H22N4OS. The van der Waals surface area contributed by atoms with Crippen molar-refractivity contribution < 1.29 is 4.79 Å². The molecule has 0 unspecified atom stereocenters. The van der Waals surface area contributed by atoms with Gasteiger partial charge in [-0.2, -0.15) is 16.9 Å². The van der Waals surface area contributed by atoms with Crippen LogP contribution in [0.5, 0.6) is 0 Å². The molecule has 0 aromatic carbocycles. The van der Waals surface area contributed by atoms with Gasteiger partial charge in [0.15, 0.2) is 5.69 Å². The van der Waals surface area contributed by atoms with Gasteiger partial charge in [-0.05, 0) is 31.3 Å². The maximum absolute atomic E-state index is 11.8. The number of hydrogen-bond acceptors (Lipinski definition) is 4. The average molecular weight is 270 g/mol. The van der Waals surface area contributed by atoms with Crippen LogP contribution in [0.4, 0.5) is 5.69 Å². The van der Waals surface area contributed by atoms with Gasteiger partial charge in [-0.25, -0.2) is 0 Å². The van der Waals surface area contributed by atoms with Gasteiger partial charge in [-0.15, -0.1) is 0 Å². The Kier molecular flexibility index (Phi) is 6.64. The number of carbonyl (C=O) groups is 1. The fourth-order valence-electron chi connectivity index (χ4n) is 1.66. The number of aryl methyl sites for hydroxylation is 1. The van der Waals surface area contributed by atoms with E-state index >= 15 is 0 Å². The number of unbranched alkanes of at least 4 members (excludes halogenated alkanes) is 2. The second-order valence-electron chi connectivity index (χ2n) is 4.13. The summed E-state index contributed by atoms with van der Waals surface area (Å²) in [7, 11) is 0. The summed E-state index contributed by atoms with van der Waals surface area (Å²) in [4.78, 5) is 11.8. The van der Waals surface area contributed by atoms with E-state index < -0.39 is 0 Å². The van der Waals surface area contributed by atoms with E-state index in [4.69, 9.17) is 5.73 Å². The molecule has 102 valence electrons. The first-order valence-corrected chi connectivity index (χ1v) is 7.69. The lowest BCUT2D eigenvalue weighted by Crippen LogP contribution is -2.25. The topological polar surface area (TPSA) is 83.8 Å². The Hall–Kier alpha value is -1.17. The highest BCUT2D eigenvalue weighted by molar-refractivity contribution is 7.98. The average Bonchev–Trinajstić information content (AvgIpc) is 2.74. The van der Waals surface area contributed by atoms with Crippen molar-refractivity contribution in [2.24, 2.45) is 0 Å². The second-order valence-corrected chi connectivity index (χ2v) is 5.11. The summed E-state index contributed by atoms with van der Waals surface area (Å²) in [6, 6.07) is 0. The van der Waals surface area contributed by atoms with Gasteiger partial charge in [-0.1, -0.05) is 13.3 Å². The molecule has 1 amide bonds. The monoisotopic (exact) mass is 270 g/mol. The van der Waals surface area contributed by atoms with Crippen LogP contribution in [0.15, 0.2) is 0 Å². The van der Waals surface area contributed by atoms with Crippen LogP contribution in [0.25, 0.3) is 0 Å². The Labute approximate surface area is 112 Å². The number of H-pyrrole nitrogens is 1. The largest absolute Gasteiger partial charge is 0.395 e. The molecule has 0 fully saturated rings. The van der Waals surface area contributed by atoms with E-state index in [0.29, 0.717) is 17.9 Å². The lowest BCUT2D eigenvalue weighted by Gasteiger charge is -2.03. The highest BCUT2D eigenvalue weighted by Gasteiger charge is 2.15. The van der Waals surface area contributed by atoms with Gasteiger partial charge >= 0.3 is 0 Å². The first-order valence-electron chi connectivity index (χ1n) is 6.30. The van der Waals surface area contributed by atoms with E-state index in [-0.39, 0.29) is 5.91 Å². The zero-order chi connectivity index (χ0) is 13.4. The van der Waals surface area contributed by atoms with Crippen LogP contribution in [-0.2, 0) is 6.42 Å². The molecule has 1 rings (SSSR count). The lowest BCUT2D eigenvalue weighted by molar-refractivity contribution is 0.0949. The summed E-state index contributed by atoms with van der Waals surface area (Å²) < 4.78 is 0. The Bertz CT molecular complexity index is 378. The minimum atomic E-state index is -0.187. The van der Waals surface area contributed by atoms with Crippen molar-refractivity contribution in [1.82, 2.24) is 15.5 Å². The number of hydrogen-bond donors (Lipinski definition) is 3. The number of aromatic amines is 1. The predicted molar refractivity (Wildman–Crippen MR) is 76.9 cm³/mol. The van der Waals surface area contributed by atoms with Crippen LogP contribution in [0.2, 0.25) is 0 Å². The Balaban J connectivity index is 2.30. The van der Waals surface area contributed by atoms with E-state index in [2.05, 4.69) is 21.8 Å². The molecule has 0 aliphatic heterocycles. The lowest BCUT2D eigenvalue weighted by atomic mass is 10.2. The minimum absolute atomic E-state index is 0.187. The molecule has 0 radical (unpaired) electrons. The molecule has 4 N–H and O–H groups in total. The molecule has 0 spiro atoms. The fourth-order valence-corrected chi connectivity index (χ4v) is 2.16. The maximum atomic E-state index is 11.8. The molecule has 1 aromatic rings. The van der Waals surface area contributed by atoms with Crippen molar-refractivity contribution in [2.75, 3.05) is 24.3 Å². The molecule has 5 nitrogen and oxygen atoms in total. The van der Waals surface area contributed by atoms with Crippen molar-refractivity contribution in [1.29, 1.82) is 0 Å². The summed E-state index contributed by atoms with van der Waals surface area (Å²) in [5, 5.41) is 9.58. The standard InChI is InChI=1S/C12H22N4OS/c1-3-9-10(13)11(16-15-9)12(17)14-7-5-4-6-8-18-2/h3-8,13H2,1-2H3,(H,14,17)(H,15,16). The third-order valence-corrected chi connectivity index (χ3v) is 3.46. The molecule has 1 heterocycles. The molecule has 0 aliphatic carbocycles. The van der Waals surface area contributed by atoms with E-state index in [1.165, 1.54) is 12.2 Å². The number of anilines is 1. The number of rotatable bonds is 8. The Morgan fingerprint density at radius 1 is 1.44 bits per heavy atom. The minimum Gasteiger partial charge on any atom is -0.395 e. The van der Waals surface area contributed by atoms with Gasteiger partial charge in [0.05, 0.1) is 11.4 Å². The number of carbonyl (C=O) groups excluding carboxylic acids is 1. The van der Waals surface area contributed by atoms with Gasteiger partial charge in [0, 0.05) is 6.54 Å². The number of thioether (sulfide) groups is 1. The summed E-state index contributed by atoms with van der Waals surface area (Å²) in [5.74, 6) is 0.994. The van der Waals surface area contributed by atoms with Crippen LogP contribution >= 0.6 is 11.8 Å². The molecule has 1 aromatic heterocycles. The Morgan fingerprint density at radius 3 is 2.83 bits per heavy atom. The molecule has 18 heavy (non-hydrogen) atoms. The number of nitrogens with two attached hydrogens (primary N) is 1. The highest BCUT2D eigenvalue weighted by atomic mass is 32.2. The van der Waals surface area contributed by atoms with E-state index in [1.54, 1.807) is 0 Å². The van der Waals surface area contributed by atoms with Crippen molar-refractivity contribution in [3.05, 3.63) is 11.4 Å². The molecular weight excluding hydrogens is 248 g/mol. The van der Waals surface area contributed by atoms with E-state index in [0.717, 1.165) is 25.0 Å². The maximum Gasteiger partial charge on any atom is 0.273 e. The smallest absolute Gasteiger partial charge is 0.273 e. The molecule has 0 bridgehead atoms. The number of aromatic nitrogens is 2. The van der Waals surface area contributed by atoms with Crippen molar-refractivity contribution in [2.45, 2.75) is 32.6 Å². The molecule has 6 heteroatoms. The van der Waals surface area contributed by atoms with Gasteiger partial charge in [0.25, 0.3) is 5.91 Å². The van der Waals surface area contributed by atoms with Crippen molar-refractivity contribution in [3.63, 3.8) is 0 Å². The third-order valence-electron chi connectivity index (χ3n) is 2.76.